The Kier molecular flexibility index (Phi) is 5.00. The molecule has 0 bridgehead atoms. The molecule has 2 heterocycles. The van der Waals surface area contributed by atoms with Crippen molar-refractivity contribution in [1.82, 2.24) is 4.98 Å². The molecule has 0 spiro atoms. The zero-order chi connectivity index (χ0) is 21.8. The number of aryl methyl sites for hydroxylation is 2. The van der Waals surface area contributed by atoms with Crippen LogP contribution in [0.25, 0.3) is 31.6 Å². The molecule has 2 N–H and O–H groups in total. The molecular weight excluding hydrogens is 406 g/mol. The summed E-state index contributed by atoms with van der Waals surface area (Å²) in [5.74, 6) is 1.11. The van der Waals surface area contributed by atoms with Crippen molar-refractivity contribution in [1.29, 1.82) is 0 Å². The number of hydrogen-bond donors (Lipinski definition) is 2. The minimum Gasteiger partial charge on any atom is -0.493 e. The molecule has 0 atom stereocenters. The number of aliphatic hydroxyl groups excluding tert-OH is 1. The van der Waals surface area contributed by atoms with Crippen LogP contribution in [0.2, 0.25) is 0 Å². The predicted octanol–water partition coefficient (Wildman–Crippen LogP) is 5.77. The number of fused-ring (bicyclic) bond motifs is 2. The number of benzene rings is 2. The van der Waals surface area contributed by atoms with E-state index in [9.17, 15) is 10.2 Å². The summed E-state index contributed by atoms with van der Waals surface area (Å²) < 4.78 is 7.41. The Labute approximate surface area is 186 Å². The lowest BCUT2D eigenvalue weighted by Crippen LogP contribution is -2.43. The summed E-state index contributed by atoms with van der Waals surface area (Å²) in [6.45, 7) is 6.55. The summed E-state index contributed by atoms with van der Waals surface area (Å²) in [7, 11) is 0. The van der Waals surface area contributed by atoms with E-state index in [0.29, 0.717) is 12.5 Å². The monoisotopic (exact) mass is 433 g/mol. The molecule has 2 aromatic carbocycles. The van der Waals surface area contributed by atoms with Gasteiger partial charge >= 0.3 is 0 Å². The maximum Gasteiger partial charge on any atom is 0.129 e. The Morgan fingerprint density at radius 3 is 2.65 bits per heavy atom. The first kappa shape index (κ1) is 20.4. The van der Waals surface area contributed by atoms with Crippen molar-refractivity contribution in [2.24, 2.45) is 5.92 Å². The highest BCUT2D eigenvalue weighted by molar-refractivity contribution is 7.22. The molecule has 0 aliphatic heterocycles. The normalized spacial score (nSPS) is 20.9. The Morgan fingerprint density at radius 2 is 1.94 bits per heavy atom. The van der Waals surface area contributed by atoms with E-state index in [-0.39, 0.29) is 6.61 Å². The third-order valence-corrected chi connectivity index (χ3v) is 7.68. The molecule has 0 amide bonds. The summed E-state index contributed by atoms with van der Waals surface area (Å²) in [5, 5.41) is 22.3. The number of aliphatic hydroxyl groups is 2. The molecule has 4 nitrogen and oxygen atoms in total. The number of thiophene rings is 1. The van der Waals surface area contributed by atoms with Gasteiger partial charge in [0.1, 0.15) is 5.75 Å². The standard InChI is InChI=1S/C26H27NO3S/c1-15-8-9-21(30-14-17-11-26(3,29)12-17)23-18(13-28)10-20(27-24(15)23)25-16(2)19-6-4-5-7-22(19)31-25/h4-10,17,28-29H,11-14H2,1-3H3/t17-,26-. The van der Waals surface area contributed by atoms with E-state index < -0.39 is 5.60 Å². The van der Waals surface area contributed by atoms with Gasteiger partial charge in [0.05, 0.1) is 34.9 Å². The molecule has 0 radical (unpaired) electrons. The van der Waals surface area contributed by atoms with E-state index >= 15 is 0 Å². The molecule has 31 heavy (non-hydrogen) atoms. The van der Waals surface area contributed by atoms with Crippen molar-refractivity contribution in [3.63, 3.8) is 0 Å². The second-order valence-corrected chi connectivity index (χ2v) is 10.1. The fourth-order valence-electron chi connectivity index (χ4n) is 4.81. The third-order valence-electron chi connectivity index (χ3n) is 6.38. The molecule has 0 unspecified atom stereocenters. The number of aromatic nitrogens is 1. The van der Waals surface area contributed by atoms with Crippen LogP contribution in [0.5, 0.6) is 5.75 Å². The van der Waals surface area contributed by atoms with E-state index in [2.05, 4.69) is 31.2 Å². The maximum atomic E-state index is 10.2. The first-order valence-electron chi connectivity index (χ1n) is 10.7. The molecule has 160 valence electrons. The quantitative estimate of drug-likeness (QED) is 0.420. The number of hydrogen-bond acceptors (Lipinski definition) is 5. The van der Waals surface area contributed by atoms with Gasteiger partial charge in [-0.2, -0.15) is 0 Å². The Balaban J connectivity index is 1.58. The van der Waals surface area contributed by atoms with Crippen molar-refractivity contribution in [3.8, 4) is 16.3 Å². The maximum absolute atomic E-state index is 10.2. The van der Waals surface area contributed by atoms with Crippen molar-refractivity contribution < 1.29 is 14.9 Å². The predicted molar refractivity (Wildman–Crippen MR) is 127 cm³/mol. The fraction of sp³-hybridized carbons (Fsp3) is 0.346. The van der Waals surface area contributed by atoms with E-state index in [0.717, 1.165) is 51.2 Å². The van der Waals surface area contributed by atoms with Gasteiger partial charge in [0.25, 0.3) is 0 Å². The van der Waals surface area contributed by atoms with Gasteiger partial charge < -0.3 is 14.9 Å². The average Bonchev–Trinajstić information content (AvgIpc) is 3.08. The molecule has 1 fully saturated rings. The molecule has 1 saturated carbocycles. The van der Waals surface area contributed by atoms with Crippen molar-refractivity contribution in [2.75, 3.05) is 6.61 Å². The SMILES string of the molecule is Cc1c(-c2cc(CO)c3c(OC[C@H]4C[C@](C)(O)C4)ccc(C)c3n2)sc2ccccc12. The Hall–Kier alpha value is -2.47. The third kappa shape index (κ3) is 3.61. The van der Waals surface area contributed by atoms with Gasteiger partial charge in [-0.25, -0.2) is 4.98 Å². The topological polar surface area (TPSA) is 62.6 Å². The minimum atomic E-state index is -0.557. The van der Waals surface area contributed by atoms with Crippen LogP contribution < -0.4 is 4.74 Å². The summed E-state index contributed by atoms with van der Waals surface area (Å²) in [4.78, 5) is 6.17. The second kappa shape index (κ2) is 7.59. The van der Waals surface area contributed by atoms with E-state index in [4.69, 9.17) is 9.72 Å². The van der Waals surface area contributed by atoms with E-state index in [1.165, 1.54) is 15.6 Å². The molecule has 5 heteroatoms. The van der Waals surface area contributed by atoms with Gasteiger partial charge in [-0.3, -0.25) is 0 Å². The lowest BCUT2D eigenvalue weighted by molar-refractivity contribution is -0.0689. The first-order valence-corrected chi connectivity index (χ1v) is 11.6. The second-order valence-electron chi connectivity index (χ2n) is 9.06. The number of nitrogens with zero attached hydrogens (tertiary/aromatic N) is 1. The Bertz CT molecular complexity index is 1280. The van der Waals surface area contributed by atoms with Gasteiger partial charge in [-0.05, 0) is 79.8 Å². The minimum absolute atomic E-state index is 0.0755. The highest BCUT2D eigenvalue weighted by Crippen LogP contribution is 2.41. The summed E-state index contributed by atoms with van der Waals surface area (Å²) in [6.07, 6.45) is 1.52. The lowest BCUT2D eigenvalue weighted by Gasteiger charge is -2.40. The largest absolute Gasteiger partial charge is 0.493 e. The van der Waals surface area contributed by atoms with Crippen molar-refractivity contribution in [2.45, 2.75) is 45.8 Å². The number of pyridine rings is 1. The molecule has 1 aliphatic rings. The number of rotatable bonds is 5. The van der Waals surface area contributed by atoms with Crippen LogP contribution in [0.4, 0.5) is 0 Å². The lowest BCUT2D eigenvalue weighted by atomic mass is 9.73. The number of ether oxygens (including phenoxy) is 1. The van der Waals surface area contributed by atoms with Crippen LogP contribution >= 0.6 is 11.3 Å². The highest BCUT2D eigenvalue weighted by Gasteiger charge is 2.38. The van der Waals surface area contributed by atoms with Crippen LogP contribution in [-0.4, -0.2) is 27.4 Å². The van der Waals surface area contributed by atoms with Gasteiger partial charge in [-0.15, -0.1) is 11.3 Å². The molecule has 0 saturated heterocycles. The van der Waals surface area contributed by atoms with Crippen LogP contribution in [0, 0.1) is 19.8 Å². The summed E-state index contributed by atoms with van der Waals surface area (Å²) >= 11 is 1.74. The summed E-state index contributed by atoms with van der Waals surface area (Å²) in [5.41, 5.74) is 4.32. The summed E-state index contributed by atoms with van der Waals surface area (Å²) in [6, 6.07) is 14.4. The van der Waals surface area contributed by atoms with Crippen LogP contribution in [-0.2, 0) is 6.61 Å². The van der Waals surface area contributed by atoms with Crippen molar-refractivity contribution >= 4 is 32.3 Å². The zero-order valence-corrected chi connectivity index (χ0v) is 18.9. The molecule has 4 aromatic rings. The fourth-order valence-corrected chi connectivity index (χ4v) is 5.98. The van der Waals surface area contributed by atoms with Gasteiger partial charge in [0.15, 0.2) is 0 Å². The first-order chi connectivity index (χ1) is 14.9. The van der Waals surface area contributed by atoms with Crippen LogP contribution in [0.15, 0.2) is 42.5 Å². The van der Waals surface area contributed by atoms with Gasteiger partial charge in [-0.1, -0.05) is 24.3 Å². The van der Waals surface area contributed by atoms with Gasteiger partial charge in [0.2, 0.25) is 0 Å². The Morgan fingerprint density at radius 1 is 1.16 bits per heavy atom. The molecule has 1 aliphatic carbocycles. The molecule has 5 rings (SSSR count). The van der Waals surface area contributed by atoms with E-state index in [1.54, 1.807) is 11.3 Å². The smallest absolute Gasteiger partial charge is 0.129 e. The average molecular weight is 434 g/mol. The molecule has 2 aromatic heterocycles. The van der Waals surface area contributed by atoms with Crippen LogP contribution in [0.1, 0.15) is 36.5 Å². The van der Waals surface area contributed by atoms with E-state index in [1.807, 2.05) is 32.0 Å². The van der Waals surface area contributed by atoms with Gasteiger partial charge in [0, 0.05) is 10.1 Å². The van der Waals surface area contributed by atoms with Crippen LogP contribution in [0.3, 0.4) is 0 Å². The highest BCUT2D eigenvalue weighted by atomic mass is 32.1. The van der Waals surface area contributed by atoms with Crippen molar-refractivity contribution in [3.05, 3.63) is 59.2 Å². The zero-order valence-electron chi connectivity index (χ0n) is 18.1. The molecular formula is C26H27NO3S.